The summed E-state index contributed by atoms with van der Waals surface area (Å²) in [4.78, 5) is 23.1. The average molecular weight is 235 g/mol. The minimum atomic E-state index is -2.41. The smallest absolute Gasteiger partial charge is 0.303 e. The molecule has 1 heterocycles. The number of amides is 1. The Labute approximate surface area is 92.2 Å². The lowest BCUT2D eigenvalue weighted by Gasteiger charge is -2.32. The minimum absolute atomic E-state index is 0.0517. The fraction of sp³-hybridized carbons (Fsp3) is 0.800. The summed E-state index contributed by atoms with van der Waals surface area (Å²) in [5.41, 5.74) is 0. The van der Waals surface area contributed by atoms with Crippen molar-refractivity contribution in [2.24, 2.45) is 5.92 Å². The maximum atomic E-state index is 12.4. The molecule has 0 saturated carbocycles. The standard InChI is InChI=1S/C10H15F2NO3/c11-10(12)7-2-1-5-13(6-7)8(14)3-4-9(15)16/h7,10H,1-6H2,(H,15,16)/t7-/m1/s1. The van der Waals surface area contributed by atoms with E-state index in [2.05, 4.69) is 0 Å². The van der Waals surface area contributed by atoms with Crippen molar-refractivity contribution >= 4 is 11.9 Å². The van der Waals surface area contributed by atoms with Gasteiger partial charge in [0.1, 0.15) is 0 Å². The van der Waals surface area contributed by atoms with E-state index in [0.29, 0.717) is 19.4 Å². The molecule has 0 bridgehead atoms. The summed E-state index contributed by atoms with van der Waals surface area (Å²) in [6.07, 6.45) is -1.76. The first-order valence-electron chi connectivity index (χ1n) is 5.28. The van der Waals surface area contributed by atoms with Crippen molar-refractivity contribution in [2.45, 2.75) is 32.1 Å². The Morgan fingerprint density at radius 1 is 1.38 bits per heavy atom. The molecule has 0 aromatic rings. The highest BCUT2D eigenvalue weighted by molar-refractivity contribution is 5.80. The van der Waals surface area contributed by atoms with Crippen LogP contribution in [0.4, 0.5) is 8.78 Å². The van der Waals surface area contributed by atoms with Crippen molar-refractivity contribution in [1.82, 2.24) is 4.90 Å². The molecule has 92 valence electrons. The van der Waals surface area contributed by atoms with E-state index in [4.69, 9.17) is 5.11 Å². The van der Waals surface area contributed by atoms with Gasteiger partial charge in [-0.2, -0.15) is 0 Å². The zero-order valence-electron chi connectivity index (χ0n) is 8.86. The van der Waals surface area contributed by atoms with E-state index in [1.165, 1.54) is 4.90 Å². The lowest BCUT2D eigenvalue weighted by atomic mass is 9.98. The van der Waals surface area contributed by atoms with Crippen LogP contribution in [0.25, 0.3) is 0 Å². The van der Waals surface area contributed by atoms with Crippen LogP contribution in [0.2, 0.25) is 0 Å². The van der Waals surface area contributed by atoms with Crippen LogP contribution in [0.5, 0.6) is 0 Å². The third kappa shape index (κ3) is 3.75. The first-order chi connectivity index (χ1) is 7.50. The highest BCUT2D eigenvalue weighted by Gasteiger charge is 2.29. The number of carbonyl (C=O) groups is 2. The summed E-state index contributed by atoms with van der Waals surface area (Å²) in [6.45, 7) is 0.512. The molecule has 4 nitrogen and oxygen atoms in total. The molecule has 0 spiro atoms. The van der Waals surface area contributed by atoms with E-state index in [1.807, 2.05) is 0 Å². The van der Waals surface area contributed by atoms with Crippen LogP contribution in [0.15, 0.2) is 0 Å². The highest BCUT2D eigenvalue weighted by atomic mass is 19.3. The van der Waals surface area contributed by atoms with Gasteiger partial charge in [-0.15, -0.1) is 0 Å². The monoisotopic (exact) mass is 235 g/mol. The molecule has 0 radical (unpaired) electrons. The number of hydrogen-bond acceptors (Lipinski definition) is 2. The second-order valence-corrected chi connectivity index (χ2v) is 3.97. The molecular formula is C10H15F2NO3. The number of likely N-dealkylation sites (tertiary alicyclic amines) is 1. The molecule has 1 atom stereocenters. The average Bonchev–Trinajstić information content (AvgIpc) is 2.26. The molecule has 1 rings (SSSR count). The first-order valence-corrected chi connectivity index (χ1v) is 5.28. The molecule has 1 aliphatic rings. The largest absolute Gasteiger partial charge is 0.481 e. The molecule has 6 heteroatoms. The topological polar surface area (TPSA) is 57.6 Å². The maximum absolute atomic E-state index is 12.4. The third-order valence-electron chi connectivity index (χ3n) is 2.72. The quantitative estimate of drug-likeness (QED) is 0.800. The molecule has 1 fully saturated rings. The number of piperidine rings is 1. The van der Waals surface area contributed by atoms with Crippen LogP contribution in [-0.4, -0.2) is 41.4 Å². The fourth-order valence-corrected chi connectivity index (χ4v) is 1.81. The van der Waals surface area contributed by atoms with E-state index in [0.717, 1.165) is 0 Å². The molecule has 16 heavy (non-hydrogen) atoms. The summed E-state index contributed by atoms with van der Waals surface area (Å²) in [7, 11) is 0. The van der Waals surface area contributed by atoms with Crippen LogP contribution in [0.3, 0.4) is 0 Å². The Balaban J connectivity index is 2.40. The van der Waals surface area contributed by atoms with Crippen molar-refractivity contribution < 1.29 is 23.5 Å². The Morgan fingerprint density at radius 2 is 2.06 bits per heavy atom. The van der Waals surface area contributed by atoms with E-state index in [9.17, 15) is 18.4 Å². The van der Waals surface area contributed by atoms with Crippen LogP contribution >= 0.6 is 0 Å². The summed E-state index contributed by atoms with van der Waals surface area (Å²) >= 11 is 0. The van der Waals surface area contributed by atoms with Crippen molar-refractivity contribution in [3.8, 4) is 0 Å². The predicted molar refractivity (Wildman–Crippen MR) is 52.2 cm³/mol. The molecular weight excluding hydrogens is 220 g/mol. The SMILES string of the molecule is O=C(O)CCC(=O)N1CCC[C@@H](C(F)F)C1. The van der Waals surface area contributed by atoms with Crippen molar-refractivity contribution in [1.29, 1.82) is 0 Å². The fourth-order valence-electron chi connectivity index (χ4n) is 1.81. The number of carbonyl (C=O) groups excluding carboxylic acids is 1. The number of carboxylic acid groups (broad SMARTS) is 1. The van der Waals surface area contributed by atoms with E-state index in [-0.39, 0.29) is 25.3 Å². The molecule has 1 amide bonds. The van der Waals surface area contributed by atoms with Gasteiger partial charge in [0.2, 0.25) is 12.3 Å². The van der Waals surface area contributed by atoms with Crippen molar-refractivity contribution in [3.05, 3.63) is 0 Å². The zero-order valence-corrected chi connectivity index (χ0v) is 8.86. The van der Waals surface area contributed by atoms with Gasteiger partial charge in [0.05, 0.1) is 6.42 Å². The van der Waals surface area contributed by atoms with E-state index < -0.39 is 18.3 Å². The van der Waals surface area contributed by atoms with Gasteiger partial charge in [-0.05, 0) is 12.8 Å². The molecule has 1 aliphatic heterocycles. The maximum Gasteiger partial charge on any atom is 0.303 e. The van der Waals surface area contributed by atoms with Crippen LogP contribution in [0, 0.1) is 5.92 Å². The predicted octanol–water partition coefficient (Wildman–Crippen LogP) is 1.35. The van der Waals surface area contributed by atoms with Crippen LogP contribution in [-0.2, 0) is 9.59 Å². The van der Waals surface area contributed by atoms with E-state index >= 15 is 0 Å². The zero-order chi connectivity index (χ0) is 12.1. The summed E-state index contributed by atoms with van der Waals surface area (Å²) in [5, 5.41) is 8.41. The highest BCUT2D eigenvalue weighted by Crippen LogP contribution is 2.23. The third-order valence-corrected chi connectivity index (χ3v) is 2.72. The van der Waals surface area contributed by atoms with Gasteiger partial charge in [0.25, 0.3) is 0 Å². The van der Waals surface area contributed by atoms with Crippen molar-refractivity contribution in [2.75, 3.05) is 13.1 Å². The Morgan fingerprint density at radius 3 is 2.62 bits per heavy atom. The Bertz CT molecular complexity index is 271. The Kier molecular flexibility index (Phi) is 4.64. The number of alkyl halides is 2. The number of halogens is 2. The van der Waals surface area contributed by atoms with Crippen molar-refractivity contribution in [3.63, 3.8) is 0 Å². The van der Waals surface area contributed by atoms with Crippen LogP contribution < -0.4 is 0 Å². The van der Waals surface area contributed by atoms with Gasteiger partial charge in [0, 0.05) is 25.4 Å². The number of hydrogen-bond donors (Lipinski definition) is 1. The molecule has 1 saturated heterocycles. The molecule has 1 N–H and O–H groups in total. The second kappa shape index (κ2) is 5.77. The van der Waals surface area contributed by atoms with Gasteiger partial charge in [0.15, 0.2) is 0 Å². The number of rotatable bonds is 4. The van der Waals surface area contributed by atoms with Gasteiger partial charge in [-0.3, -0.25) is 9.59 Å². The lowest BCUT2D eigenvalue weighted by Crippen LogP contribution is -2.42. The summed E-state index contributed by atoms with van der Waals surface area (Å²) in [6, 6.07) is 0. The minimum Gasteiger partial charge on any atom is -0.481 e. The molecule has 0 aromatic carbocycles. The summed E-state index contributed by atoms with van der Waals surface area (Å²) < 4.78 is 24.9. The van der Waals surface area contributed by atoms with Crippen LogP contribution in [0.1, 0.15) is 25.7 Å². The number of carboxylic acids is 1. The Hall–Kier alpha value is -1.20. The molecule has 0 aliphatic carbocycles. The first kappa shape index (κ1) is 12.9. The lowest BCUT2D eigenvalue weighted by molar-refractivity contribution is -0.142. The normalized spacial score (nSPS) is 21.2. The van der Waals surface area contributed by atoms with Gasteiger partial charge < -0.3 is 10.0 Å². The van der Waals surface area contributed by atoms with Gasteiger partial charge in [-0.25, -0.2) is 8.78 Å². The summed E-state index contributed by atoms with van der Waals surface area (Å²) in [5.74, 6) is -2.15. The number of aliphatic carboxylic acids is 1. The van der Waals surface area contributed by atoms with Gasteiger partial charge in [-0.1, -0.05) is 0 Å². The molecule has 0 aromatic heterocycles. The van der Waals surface area contributed by atoms with Gasteiger partial charge >= 0.3 is 5.97 Å². The second-order valence-electron chi connectivity index (χ2n) is 3.97. The van der Waals surface area contributed by atoms with E-state index in [1.54, 1.807) is 0 Å². The number of nitrogens with zero attached hydrogens (tertiary/aromatic N) is 1. The molecule has 0 unspecified atom stereocenters.